The average Bonchev–Trinajstić information content (AvgIpc) is 3.07. The fraction of sp³-hybridized carbons (Fsp3) is 0.120. The maximum absolute atomic E-state index is 12.1. The third kappa shape index (κ3) is 4.96. The average molecular weight is 466 g/mol. The molecule has 1 N–H and O–H groups in total. The summed E-state index contributed by atoms with van der Waals surface area (Å²) in [6.45, 7) is 2.55. The minimum absolute atomic E-state index is 0.112. The van der Waals surface area contributed by atoms with Crippen LogP contribution in [0.3, 0.4) is 0 Å². The molecular weight excluding hydrogens is 445 g/mol. The van der Waals surface area contributed by atoms with Gasteiger partial charge < -0.3 is 9.30 Å². The van der Waals surface area contributed by atoms with Crippen molar-refractivity contribution in [3.63, 3.8) is 0 Å². The van der Waals surface area contributed by atoms with Crippen LogP contribution >= 0.6 is 23.2 Å². The summed E-state index contributed by atoms with van der Waals surface area (Å²) in [7, 11) is 0. The molecule has 162 valence electrons. The Labute approximate surface area is 196 Å². The monoisotopic (exact) mass is 465 g/mol. The van der Waals surface area contributed by atoms with E-state index in [9.17, 15) is 4.79 Å². The number of hydrogen-bond donors (Lipinski definition) is 1. The molecule has 0 saturated heterocycles. The number of rotatable bonds is 7. The predicted molar refractivity (Wildman–Crippen MR) is 130 cm³/mol. The first-order valence-corrected chi connectivity index (χ1v) is 10.8. The van der Waals surface area contributed by atoms with Gasteiger partial charge >= 0.3 is 0 Å². The highest BCUT2D eigenvalue weighted by molar-refractivity contribution is 6.42. The lowest BCUT2D eigenvalue weighted by Crippen LogP contribution is -2.24. The lowest BCUT2D eigenvalue weighted by atomic mass is 10.1. The van der Waals surface area contributed by atoms with Crippen LogP contribution in [0, 0.1) is 6.92 Å². The van der Waals surface area contributed by atoms with E-state index in [4.69, 9.17) is 27.9 Å². The molecule has 0 fully saturated rings. The number of para-hydroxylation sites is 2. The molecule has 5 nitrogen and oxygen atoms in total. The Morgan fingerprint density at radius 1 is 1.03 bits per heavy atom. The van der Waals surface area contributed by atoms with Crippen molar-refractivity contribution in [3.05, 3.63) is 99.7 Å². The van der Waals surface area contributed by atoms with Gasteiger partial charge in [0.15, 0.2) is 6.61 Å². The fourth-order valence-electron chi connectivity index (χ4n) is 3.51. The van der Waals surface area contributed by atoms with Gasteiger partial charge in [0.2, 0.25) is 0 Å². The Bertz CT molecular complexity index is 1280. The summed E-state index contributed by atoms with van der Waals surface area (Å²) in [5.74, 6) is 0.301. The first-order chi connectivity index (χ1) is 15.5. The number of hydrazone groups is 1. The lowest BCUT2D eigenvalue weighted by Gasteiger charge is -2.09. The summed E-state index contributed by atoms with van der Waals surface area (Å²) in [6.07, 6.45) is 1.67. The lowest BCUT2D eigenvalue weighted by molar-refractivity contribution is -0.123. The van der Waals surface area contributed by atoms with Crippen LogP contribution in [0.2, 0.25) is 10.0 Å². The SMILES string of the molecule is Cc1c(/C=N\NC(=O)COc2ccccc2)c2ccccc2n1Cc1ccc(Cl)c(Cl)c1. The van der Waals surface area contributed by atoms with Gasteiger partial charge in [-0.05, 0) is 42.8 Å². The molecule has 4 rings (SSSR count). The fourth-order valence-corrected chi connectivity index (χ4v) is 3.83. The van der Waals surface area contributed by atoms with Gasteiger partial charge in [-0.25, -0.2) is 5.43 Å². The van der Waals surface area contributed by atoms with E-state index in [0.29, 0.717) is 22.3 Å². The molecule has 0 bridgehead atoms. The zero-order chi connectivity index (χ0) is 22.5. The maximum Gasteiger partial charge on any atom is 0.277 e. The standard InChI is InChI=1S/C25H21Cl2N3O2/c1-17-21(14-28-29-25(31)16-32-19-7-3-2-4-8-19)20-9-5-6-10-24(20)30(17)15-18-11-12-22(26)23(27)13-18/h2-14H,15-16H2,1H3,(H,29,31)/b28-14-. The molecule has 0 unspecified atom stereocenters. The van der Waals surface area contributed by atoms with E-state index < -0.39 is 0 Å². The molecular formula is C25H21Cl2N3O2. The summed E-state index contributed by atoms with van der Waals surface area (Å²) in [5, 5.41) is 6.26. The molecule has 4 aromatic rings. The molecule has 0 spiro atoms. The number of nitrogens with one attached hydrogen (secondary N) is 1. The number of aromatic nitrogens is 1. The molecule has 0 aliphatic carbocycles. The normalized spacial score (nSPS) is 11.2. The Balaban J connectivity index is 1.52. The second-order valence-electron chi connectivity index (χ2n) is 7.25. The Morgan fingerprint density at radius 2 is 1.78 bits per heavy atom. The highest BCUT2D eigenvalue weighted by atomic mass is 35.5. The first kappa shape index (κ1) is 21.9. The zero-order valence-electron chi connectivity index (χ0n) is 17.4. The van der Waals surface area contributed by atoms with Gasteiger partial charge in [0.05, 0.1) is 16.3 Å². The van der Waals surface area contributed by atoms with Gasteiger partial charge in [0.25, 0.3) is 5.91 Å². The van der Waals surface area contributed by atoms with Crippen molar-refractivity contribution in [1.29, 1.82) is 0 Å². The van der Waals surface area contributed by atoms with E-state index in [1.807, 2.05) is 55.5 Å². The van der Waals surface area contributed by atoms with Gasteiger partial charge in [-0.3, -0.25) is 4.79 Å². The quantitative estimate of drug-likeness (QED) is 0.275. The molecule has 0 aliphatic rings. The third-order valence-corrected chi connectivity index (χ3v) is 5.84. The summed E-state index contributed by atoms with van der Waals surface area (Å²) < 4.78 is 7.63. The van der Waals surface area contributed by atoms with Crippen LogP contribution in [-0.4, -0.2) is 23.3 Å². The van der Waals surface area contributed by atoms with E-state index in [1.165, 1.54) is 0 Å². The number of carbonyl (C=O) groups excluding carboxylic acids is 1. The summed E-state index contributed by atoms with van der Waals surface area (Å²) >= 11 is 12.2. The van der Waals surface area contributed by atoms with Crippen LogP contribution in [0.1, 0.15) is 16.8 Å². The topological polar surface area (TPSA) is 55.6 Å². The number of amides is 1. The summed E-state index contributed by atoms with van der Waals surface area (Å²) in [5.41, 5.74) is 6.60. The summed E-state index contributed by atoms with van der Waals surface area (Å²) in [4.78, 5) is 12.1. The van der Waals surface area contributed by atoms with Crippen LogP contribution < -0.4 is 10.2 Å². The maximum atomic E-state index is 12.1. The highest BCUT2D eigenvalue weighted by Gasteiger charge is 2.13. The first-order valence-electron chi connectivity index (χ1n) is 10.0. The molecule has 0 aliphatic heterocycles. The van der Waals surface area contributed by atoms with Crippen molar-refractivity contribution in [2.24, 2.45) is 5.10 Å². The van der Waals surface area contributed by atoms with E-state index >= 15 is 0 Å². The minimum Gasteiger partial charge on any atom is -0.484 e. The van der Waals surface area contributed by atoms with Gasteiger partial charge in [0, 0.05) is 28.7 Å². The van der Waals surface area contributed by atoms with Gasteiger partial charge in [-0.1, -0.05) is 65.7 Å². The van der Waals surface area contributed by atoms with Crippen LogP contribution in [-0.2, 0) is 11.3 Å². The molecule has 7 heteroatoms. The Kier molecular flexibility index (Phi) is 6.78. The molecule has 32 heavy (non-hydrogen) atoms. The summed E-state index contributed by atoms with van der Waals surface area (Å²) in [6, 6.07) is 22.9. The number of nitrogens with zero attached hydrogens (tertiary/aromatic N) is 2. The zero-order valence-corrected chi connectivity index (χ0v) is 18.9. The van der Waals surface area contributed by atoms with Crippen molar-refractivity contribution < 1.29 is 9.53 Å². The Morgan fingerprint density at radius 3 is 2.56 bits per heavy atom. The van der Waals surface area contributed by atoms with E-state index in [-0.39, 0.29) is 12.5 Å². The number of carbonyl (C=O) groups is 1. The number of hydrogen-bond acceptors (Lipinski definition) is 3. The van der Waals surface area contributed by atoms with Crippen molar-refractivity contribution in [3.8, 4) is 5.75 Å². The van der Waals surface area contributed by atoms with Crippen molar-refractivity contribution >= 4 is 46.2 Å². The van der Waals surface area contributed by atoms with Crippen LogP contribution in [0.15, 0.2) is 77.9 Å². The van der Waals surface area contributed by atoms with E-state index in [2.05, 4.69) is 21.2 Å². The Hall–Kier alpha value is -3.28. The number of fused-ring (bicyclic) bond motifs is 1. The number of halogens is 2. The molecule has 0 radical (unpaired) electrons. The number of benzene rings is 3. The van der Waals surface area contributed by atoms with Gasteiger partial charge in [-0.2, -0.15) is 5.10 Å². The molecule has 0 saturated carbocycles. The van der Waals surface area contributed by atoms with Crippen LogP contribution in [0.25, 0.3) is 10.9 Å². The van der Waals surface area contributed by atoms with Crippen molar-refractivity contribution in [2.45, 2.75) is 13.5 Å². The third-order valence-electron chi connectivity index (χ3n) is 5.10. The van der Waals surface area contributed by atoms with Crippen LogP contribution in [0.5, 0.6) is 5.75 Å². The van der Waals surface area contributed by atoms with Gasteiger partial charge in [-0.15, -0.1) is 0 Å². The predicted octanol–water partition coefficient (Wildman–Crippen LogP) is 5.83. The van der Waals surface area contributed by atoms with Crippen LogP contribution in [0.4, 0.5) is 0 Å². The number of ether oxygens (including phenoxy) is 1. The molecule has 1 aromatic heterocycles. The largest absolute Gasteiger partial charge is 0.484 e. The van der Waals surface area contributed by atoms with E-state index in [1.54, 1.807) is 24.4 Å². The molecule has 3 aromatic carbocycles. The van der Waals surface area contributed by atoms with Gasteiger partial charge in [0.1, 0.15) is 5.75 Å². The highest BCUT2D eigenvalue weighted by Crippen LogP contribution is 2.27. The molecule has 1 amide bonds. The smallest absolute Gasteiger partial charge is 0.277 e. The second kappa shape index (κ2) is 9.90. The second-order valence-corrected chi connectivity index (χ2v) is 8.06. The minimum atomic E-state index is -0.331. The molecule has 1 heterocycles. The van der Waals surface area contributed by atoms with Crippen molar-refractivity contribution in [2.75, 3.05) is 6.61 Å². The molecule has 0 atom stereocenters. The van der Waals surface area contributed by atoms with E-state index in [0.717, 1.165) is 27.7 Å². The van der Waals surface area contributed by atoms with Crippen molar-refractivity contribution in [1.82, 2.24) is 9.99 Å².